The number of nitrogens with one attached hydrogen (secondary N) is 1. The molecule has 26 heavy (non-hydrogen) atoms. The number of carbonyl (C=O) groups excluding carboxylic acids is 2. The zero-order valence-corrected chi connectivity index (χ0v) is 15.0. The largest absolute Gasteiger partial charge is 0.496 e. The molecule has 1 saturated heterocycles. The minimum Gasteiger partial charge on any atom is -0.496 e. The van der Waals surface area contributed by atoms with Crippen LogP contribution in [0.1, 0.15) is 5.56 Å². The van der Waals surface area contributed by atoms with Gasteiger partial charge in [0.2, 0.25) is 0 Å². The first-order valence-corrected chi connectivity index (χ1v) is 8.20. The first-order chi connectivity index (χ1) is 12.4. The number of anilines is 1. The van der Waals surface area contributed by atoms with Gasteiger partial charge < -0.3 is 4.74 Å². The zero-order valence-electron chi connectivity index (χ0n) is 13.5. The average molecular weight is 391 g/mol. The van der Waals surface area contributed by atoms with Gasteiger partial charge in [-0.2, -0.15) is 0 Å². The van der Waals surface area contributed by atoms with Gasteiger partial charge in [0.15, 0.2) is 5.11 Å². The Hall–Kier alpha value is -2.77. The number of ether oxygens (including phenoxy) is 1. The highest BCUT2D eigenvalue weighted by Crippen LogP contribution is 2.27. The lowest BCUT2D eigenvalue weighted by Gasteiger charge is -2.29. The summed E-state index contributed by atoms with van der Waals surface area (Å²) >= 11 is 11.1. The van der Waals surface area contributed by atoms with Crippen LogP contribution in [0.5, 0.6) is 5.75 Å². The third-order valence-corrected chi connectivity index (χ3v) is 4.20. The van der Waals surface area contributed by atoms with Crippen LogP contribution in [0.25, 0.3) is 6.08 Å². The molecule has 0 aromatic heterocycles. The van der Waals surface area contributed by atoms with E-state index in [-0.39, 0.29) is 10.7 Å². The van der Waals surface area contributed by atoms with E-state index in [1.807, 2.05) is 0 Å². The second-order valence-electron chi connectivity index (χ2n) is 5.32. The fourth-order valence-corrected chi connectivity index (χ4v) is 2.92. The van der Waals surface area contributed by atoms with Gasteiger partial charge in [-0.1, -0.05) is 11.6 Å². The van der Waals surface area contributed by atoms with Gasteiger partial charge in [-0.05, 0) is 60.8 Å². The molecule has 0 bridgehead atoms. The molecule has 2 aromatic carbocycles. The van der Waals surface area contributed by atoms with Crippen molar-refractivity contribution in [2.45, 2.75) is 0 Å². The molecule has 5 nitrogen and oxygen atoms in total. The number of halogens is 2. The van der Waals surface area contributed by atoms with Crippen LogP contribution >= 0.6 is 23.8 Å². The van der Waals surface area contributed by atoms with E-state index in [2.05, 4.69) is 5.32 Å². The highest BCUT2D eigenvalue weighted by Gasteiger charge is 2.34. The number of methoxy groups -OCH3 is 1. The summed E-state index contributed by atoms with van der Waals surface area (Å²) in [6, 6.07) is 10.0. The van der Waals surface area contributed by atoms with Gasteiger partial charge in [0.25, 0.3) is 11.8 Å². The van der Waals surface area contributed by atoms with Crippen molar-refractivity contribution < 1.29 is 18.7 Å². The highest BCUT2D eigenvalue weighted by molar-refractivity contribution is 7.80. The van der Waals surface area contributed by atoms with Crippen molar-refractivity contribution in [3.63, 3.8) is 0 Å². The van der Waals surface area contributed by atoms with Crippen LogP contribution in [-0.4, -0.2) is 24.0 Å². The Morgan fingerprint density at radius 2 is 1.88 bits per heavy atom. The van der Waals surface area contributed by atoms with E-state index in [1.54, 1.807) is 18.2 Å². The van der Waals surface area contributed by atoms with Gasteiger partial charge in [-0.25, -0.2) is 4.39 Å². The van der Waals surface area contributed by atoms with Crippen molar-refractivity contribution >= 4 is 52.5 Å². The van der Waals surface area contributed by atoms with Crippen LogP contribution in [0.15, 0.2) is 48.0 Å². The van der Waals surface area contributed by atoms with E-state index in [9.17, 15) is 14.0 Å². The van der Waals surface area contributed by atoms with E-state index >= 15 is 0 Å². The quantitative estimate of drug-likeness (QED) is 0.496. The van der Waals surface area contributed by atoms with E-state index in [0.717, 1.165) is 4.90 Å². The molecule has 1 aliphatic heterocycles. The standard InChI is InChI=1S/C18H12ClFN2O3S/c1-25-15-7-2-11(19)8-10(15)9-14-16(23)21-18(26)22(17(14)24)13-5-3-12(20)4-6-13/h2-9H,1H3,(H,21,23,26). The molecule has 0 spiro atoms. The van der Waals surface area contributed by atoms with Crippen molar-refractivity contribution in [2.24, 2.45) is 0 Å². The second-order valence-corrected chi connectivity index (χ2v) is 6.14. The average Bonchev–Trinajstić information content (AvgIpc) is 2.60. The molecule has 132 valence electrons. The number of thiocarbonyl (C=S) groups is 1. The predicted octanol–water partition coefficient (Wildman–Crippen LogP) is 3.32. The molecule has 0 unspecified atom stereocenters. The number of benzene rings is 2. The van der Waals surface area contributed by atoms with Crippen LogP contribution in [0.3, 0.4) is 0 Å². The molecule has 1 fully saturated rings. The number of hydrogen-bond acceptors (Lipinski definition) is 4. The second kappa shape index (κ2) is 7.23. The summed E-state index contributed by atoms with van der Waals surface area (Å²) in [6.07, 6.45) is 1.38. The number of rotatable bonds is 3. The summed E-state index contributed by atoms with van der Waals surface area (Å²) in [5.74, 6) is -1.27. The Labute approximate surface area is 159 Å². The Morgan fingerprint density at radius 3 is 2.54 bits per heavy atom. The molecule has 0 aliphatic carbocycles. The Morgan fingerprint density at radius 1 is 1.19 bits per heavy atom. The van der Waals surface area contributed by atoms with E-state index < -0.39 is 17.6 Å². The van der Waals surface area contributed by atoms with Crippen LogP contribution < -0.4 is 15.0 Å². The third kappa shape index (κ3) is 3.44. The molecule has 1 N–H and O–H groups in total. The van der Waals surface area contributed by atoms with Crippen molar-refractivity contribution in [2.75, 3.05) is 12.0 Å². The molecule has 8 heteroatoms. The number of amides is 2. The van der Waals surface area contributed by atoms with Crippen molar-refractivity contribution in [1.29, 1.82) is 0 Å². The van der Waals surface area contributed by atoms with Crippen molar-refractivity contribution in [1.82, 2.24) is 5.32 Å². The maximum Gasteiger partial charge on any atom is 0.270 e. The summed E-state index contributed by atoms with van der Waals surface area (Å²) in [4.78, 5) is 26.3. The van der Waals surface area contributed by atoms with E-state index in [4.69, 9.17) is 28.6 Å². The number of nitrogens with zero attached hydrogens (tertiary/aromatic N) is 1. The van der Waals surface area contributed by atoms with Crippen LogP contribution in [0.4, 0.5) is 10.1 Å². The molecule has 2 amide bonds. The SMILES string of the molecule is COc1ccc(Cl)cc1C=C1C(=O)NC(=S)N(c2ccc(F)cc2)C1=O. The van der Waals surface area contributed by atoms with Crippen LogP contribution in [0.2, 0.25) is 5.02 Å². The predicted molar refractivity (Wildman–Crippen MR) is 101 cm³/mol. The van der Waals surface area contributed by atoms with Crippen molar-refractivity contribution in [3.05, 3.63) is 64.4 Å². The van der Waals surface area contributed by atoms with Gasteiger partial charge in [-0.15, -0.1) is 0 Å². The smallest absolute Gasteiger partial charge is 0.270 e. The lowest BCUT2D eigenvalue weighted by atomic mass is 10.1. The first kappa shape index (κ1) is 18.0. The molecule has 0 radical (unpaired) electrons. The molecule has 3 rings (SSSR count). The summed E-state index contributed by atoms with van der Waals surface area (Å²) < 4.78 is 18.4. The van der Waals surface area contributed by atoms with E-state index in [0.29, 0.717) is 22.0 Å². The minimum atomic E-state index is -0.639. The molecule has 1 aliphatic rings. The Kier molecular flexibility index (Phi) is 5.01. The van der Waals surface area contributed by atoms with Crippen LogP contribution in [0, 0.1) is 5.82 Å². The lowest BCUT2D eigenvalue weighted by molar-refractivity contribution is -0.122. The highest BCUT2D eigenvalue weighted by atomic mass is 35.5. The maximum atomic E-state index is 13.2. The Bertz CT molecular complexity index is 944. The molecule has 0 saturated carbocycles. The molecular weight excluding hydrogens is 379 g/mol. The number of hydrogen-bond donors (Lipinski definition) is 1. The summed E-state index contributed by atoms with van der Waals surface area (Å²) in [5.41, 5.74) is 0.652. The van der Waals surface area contributed by atoms with Crippen molar-refractivity contribution in [3.8, 4) is 5.75 Å². The first-order valence-electron chi connectivity index (χ1n) is 7.41. The molecule has 2 aromatic rings. The number of carbonyl (C=O) groups is 2. The molecule has 0 atom stereocenters. The topological polar surface area (TPSA) is 58.6 Å². The van der Waals surface area contributed by atoms with E-state index in [1.165, 1.54) is 37.5 Å². The molecule has 1 heterocycles. The van der Waals surface area contributed by atoms with Gasteiger partial charge in [0.05, 0.1) is 12.8 Å². The minimum absolute atomic E-state index is 0.0817. The fourth-order valence-electron chi connectivity index (χ4n) is 2.46. The monoisotopic (exact) mass is 390 g/mol. The van der Waals surface area contributed by atoms with Gasteiger partial charge in [-0.3, -0.25) is 19.8 Å². The summed E-state index contributed by atoms with van der Waals surface area (Å²) in [5, 5.41) is 2.80. The fraction of sp³-hybridized carbons (Fsp3) is 0.0556. The Balaban J connectivity index is 2.06. The van der Waals surface area contributed by atoms with Crippen LogP contribution in [-0.2, 0) is 9.59 Å². The normalized spacial score (nSPS) is 16.0. The third-order valence-electron chi connectivity index (χ3n) is 3.68. The van der Waals surface area contributed by atoms with Gasteiger partial charge in [0, 0.05) is 10.6 Å². The summed E-state index contributed by atoms with van der Waals surface area (Å²) in [6.45, 7) is 0. The maximum absolute atomic E-state index is 13.2. The van der Waals surface area contributed by atoms with Gasteiger partial charge >= 0.3 is 0 Å². The van der Waals surface area contributed by atoms with Gasteiger partial charge in [0.1, 0.15) is 17.1 Å². The lowest BCUT2D eigenvalue weighted by Crippen LogP contribution is -2.54. The summed E-state index contributed by atoms with van der Waals surface area (Å²) in [7, 11) is 1.47. The molecular formula is C18H12ClFN2O3S. The zero-order chi connectivity index (χ0) is 18.8.